The van der Waals surface area contributed by atoms with Crippen molar-refractivity contribution < 1.29 is 14.1 Å². The summed E-state index contributed by atoms with van der Waals surface area (Å²) in [5, 5.41) is 0. The number of Topliss-reactive ketones (excluding diaryl/α,β-unsaturated/α-hetero) is 1. The third kappa shape index (κ3) is 2.65. The van der Waals surface area contributed by atoms with Crippen LogP contribution < -0.4 is 9.30 Å². The van der Waals surface area contributed by atoms with Crippen LogP contribution in [0.15, 0.2) is 30.9 Å². The molecule has 2 heterocycles. The molecule has 0 saturated carbocycles. The first-order chi connectivity index (χ1) is 10.6. The van der Waals surface area contributed by atoms with E-state index in [1.807, 2.05) is 36.3 Å². The molecule has 0 saturated heterocycles. The first-order valence-electron chi connectivity index (χ1n) is 7.90. The molecule has 0 aliphatic carbocycles. The Hall–Kier alpha value is -2.10. The number of ketones is 1. The number of aromatic nitrogens is 2. The molecule has 0 radical (unpaired) electrons. The van der Waals surface area contributed by atoms with E-state index in [2.05, 4.69) is 24.9 Å². The number of aromatic amines is 1. The van der Waals surface area contributed by atoms with Crippen LogP contribution in [0.4, 0.5) is 0 Å². The Morgan fingerprint density at radius 3 is 2.91 bits per heavy atom. The number of ether oxygens (including phenoxy) is 1. The number of imidazole rings is 1. The van der Waals surface area contributed by atoms with Crippen molar-refractivity contribution in [2.45, 2.75) is 39.7 Å². The van der Waals surface area contributed by atoms with Crippen LogP contribution in [0, 0.1) is 12.8 Å². The number of hydrogen-bond acceptors (Lipinski definition) is 2. The molecule has 0 amide bonds. The number of H-pyrrole nitrogens is 1. The summed E-state index contributed by atoms with van der Waals surface area (Å²) in [6.45, 7) is 7.55. The van der Waals surface area contributed by atoms with Crippen molar-refractivity contribution in [1.29, 1.82) is 0 Å². The maximum atomic E-state index is 13.1. The lowest BCUT2D eigenvalue weighted by molar-refractivity contribution is -0.699. The van der Waals surface area contributed by atoms with Crippen LogP contribution in [0.1, 0.15) is 47.7 Å². The van der Waals surface area contributed by atoms with E-state index in [1.165, 1.54) is 0 Å². The summed E-state index contributed by atoms with van der Waals surface area (Å²) in [6, 6.07) is 4.13. The van der Waals surface area contributed by atoms with Crippen molar-refractivity contribution in [2.75, 3.05) is 6.61 Å². The number of fused-ring (bicyclic) bond motifs is 1. The van der Waals surface area contributed by atoms with Gasteiger partial charge in [-0.1, -0.05) is 26.0 Å². The average molecular weight is 299 g/mol. The van der Waals surface area contributed by atoms with E-state index >= 15 is 0 Å². The molecule has 1 aliphatic heterocycles. The molecule has 2 aromatic rings. The predicted octanol–water partition coefficient (Wildman–Crippen LogP) is 3.02. The quantitative estimate of drug-likeness (QED) is 0.886. The van der Waals surface area contributed by atoms with Gasteiger partial charge >= 0.3 is 0 Å². The highest BCUT2D eigenvalue weighted by Crippen LogP contribution is 2.36. The van der Waals surface area contributed by atoms with Gasteiger partial charge in [0.05, 0.1) is 18.1 Å². The number of nitrogens with zero attached hydrogens (tertiary/aromatic N) is 1. The number of aryl methyl sites for hydroxylation is 1. The molecule has 1 aromatic carbocycles. The van der Waals surface area contributed by atoms with Crippen LogP contribution >= 0.6 is 0 Å². The number of carbonyl (C=O) groups is 1. The summed E-state index contributed by atoms with van der Waals surface area (Å²) in [5.74, 6) is 1.32. The Balaban J connectivity index is 2.00. The molecule has 1 aliphatic rings. The third-order valence-corrected chi connectivity index (χ3v) is 4.38. The molecule has 4 nitrogen and oxygen atoms in total. The molecule has 1 aromatic heterocycles. The van der Waals surface area contributed by atoms with Gasteiger partial charge < -0.3 is 4.74 Å². The molecule has 0 fully saturated rings. The molecule has 1 unspecified atom stereocenters. The summed E-state index contributed by atoms with van der Waals surface area (Å²) in [4.78, 5) is 16.1. The highest BCUT2D eigenvalue weighted by Gasteiger charge is 2.31. The van der Waals surface area contributed by atoms with Gasteiger partial charge in [-0.05, 0) is 30.4 Å². The van der Waals surface area contributed by atoms with Crippen molar-refractivity contribution in [3.8, 4) is 5.75 Å². The minimum atomic E-state index is -0.0387. The highest BCUT2D eigenvalue weighted by molar-refractivity contribution is 6.02. The lowest BCUT2D eigenvalue weighted by Crippen LogP contribution is -2.38. The second-order valence-corrected chi connectivity index (χ2v) is 6.34. The molecular weight excluding hydrogens is 276 g/mol. The van der Waals surface area contributed by atoms with Crippen molar-refractivity contribution in [3.63, 3.8) is 0 Å². The van der Waals surface area contributed by atoms with Gasteiger partial charge in [0.25, 0.3) is 0 Å². The second kappa shape index (κ2) is 5.95. The van der Waals surface area contributed by atoms with Gasteiger partial charge in [-0.3, -0.25) is 9.78 Å². The second-order valence-electron chi connectivity index (χ2n) is 6.34. The summed E-state index contributed by atoms with van der Waals surface area (Å²) < 4.78 is 8.03. The fourth-order valence-electron chi connectivity index (χ4n) is 3.11. The average Bonchev–Trinajstić information content (AvgIpc) is 2.92. The minimum absolute atomic E-state index is 0.0387. The van der Waals surface area contributed by atoms with Crippen LogP contribution in [0.25, 0.3) is 0 Å². The van der Waals surface area contributed by atoms with Crippen LogP contribution in [0.2, 0.25) is 0 Å². The number of nitrogens with one attached hydrogen (secondary N) is 1. The Labute approximate surface area is 131 Å². The number of hydrogen-bond donors (Lipinski definition) is 1. The molecule has 3 rings (SSSR count). The molecule has 116 valence electrons. The van der Waals surface area contributed by atoms with Crippen LogP contribution in [-0.4, -0.2) is 17.4 Å². The Bertz CT molecular complexity index is 675. The monoisotopic (exact) mass is 299 g/mol. The van der Waals surface area contributed by atoms with E-state index in [0.717, 1.165) is 28.9 Å². The zero-order valence-corrected chi connectivity index (χ0v) is 13.4. The molecule has 22 heavy (non-hydrogen) atoms. The summed E-state index contributed by atoms with van der Waals surface area (Å²) >= 11 is 0. The molecule has 1 N–H and O–H groups in total. The van der Waals surface area contributed by atoms with E-state index in [1.54, 1.807) is 0 Å². The topological polar surface area (TPSA) is 46.0 Å². The summed E-state index contributed by atoms with van der Waals surface area (Å²) in [5.41, 5.74) is 2.92. The third-order valence-electron chi connectivity index (χ3n) is 4.38. The first kappa shape index (κ1) is 14.8. The number of benzene rings is 1. The zero-order valence-electron chi connectivity index (χ0n) is 13.4. The minimum Gasteiger partial charge on any atom is -0.492 e. The van der Waals surface area contributed by atoms with Crippen LogP contribution in [0.3, 0.4) is 0 Å². The van der Waals surface area contributed by atoms with E-state index < -0.39 is 0 Å². The largest absolute Gasteiger partial charge is 0.492 e. The van der Waals surface area contributed by atoms with E-state index in [4.69, 9.17) is 4.74 Å². The van der Waals surface area contributed by atoms with Crippen LogP contribution in [-0.2, 0) is 6.54 Å². The summed E-state index contributed by atoms with van der Waals surface area (Å²) in [7, 11) is 0. The Kier molecular flexibility index (Phi) is 4.01. The molecule has 0 spiro atoms. The maximum absolute atomic E-state index is 13.1. The maximum Gasteiger partial charge on any atom is 0.241 e. The molecular formula is C18H23N2O2+. The number of carbonyl (C=O) groups excluding carboxylic acids is 1. The lowest BCUT2D eigenvalue weighted by Gasteiger charge is -2.17. The van der Waals surface area contributed by atoms with Gasteiger partial charge in [0.2, 0.25) is 6.33 Å². The van der Waals surface area contributed by atoms with Gasteiger partial charge in [-0.25, -0.2) is 4.57 Å². The molecule has 4 heteroatoms. The SMILES string of the molecule is Cc1ccc(C(C)C)c2c1C(=O)C(C[n+]1cc[nH]c1)CCO2. The Morgan fingerprint density at radius 2 is 2.23 bits per heavy atom. The van der Waals surface area contributed by atoms with E-state index in [-0.39, 0.29) is 11.7 Å². The summed E-state index contributed by atoms with van der Waals surface area (Å²) in [6.07, 6.45) is 6.46. The van der Waals surface area contributed by atoms with Crippen molar-refractivity contribution in [2.24, 2.45) is 5.92 Å². The van der Waals surface area contributed by atoms with E-state index in [0.29, 0.717) is 19.1 Å². The first-order valence-corrected chi connectivity index (χ1v) is 7.90. The van der Waals surface area contributed by atoms with Gasteiger partial charge in [0.15, 0.2) is 5.78 Å². The fourth-order valence-corrected chi connectivity index (χ4v) is 3.11. The highest BCUT2D eigenvalue weighted by atomic mass is 16.5. The van der Waals surface area contributed by atoms with Crippen molar-refractivity contribution in [1.82, 2.24) is 4.98 Å². The lowest BCUT2D eigenvalue weighted by atomic mass is 9.89. The molecule has 1 atom stereocenters. The van der Waals surface area contributed by atoms with Crippen molar-refractivity contribution >= 4 is 5.78 Å². The van der Waals surface area contributed by atoms with Gasteiger partial charge in [0.1, 0.15) is 24.7 Å². The van der Waals surface area contributed by atoms with Gasteiger partial charge in [0, 0.05) is 0 Å². The molecule has 0 bridgehead atoms. The van der Waals surface area contributed by atoms with Crippen molar-refractivity contribution in [3.05, 3.63) is 47.5 Å². The predicted molar refractivity (Wildman–Crippen MR) is 84.2 cm³/mol. The normalized spacial score (nSPS) is 18.0. The van der Waals surface area contributed by atoms with Crippen LogP contribution in [0.5, 0.6) is 5.75 Å². The fraction of sp³-hybridized carbons (Fsp3) is 0.444. The Morgan fingerprint density at radius 1 is 1.41 bits per heavy atom. The number of rotatable bonds is 3. The van der Waals surface area contributed by atoms with E-state index in [9.17, 15) is 4.79 Å². The zero-order chi connectivity index (χ0) is 15.7. The smallest absolute Gasteiger partial charge is 0.241 e. The standard InChI is InChI=1S/C18H22N2O2/c1-12(2)15-5-4-13(3)16-17(21)14(6-9-22-18(15)16)10-20-8-7-19-11-20/h4-5,7-8,11-12,14H,6,9-10H2,1-3H3/p+1. The van der Waals surface area contributed by atoms with Gasteiger partial charge in [-0.15, -0.1) is 0 Å². The van der Waals surface area contributed by atoms with Gasteiger partial charge in [-0.2, -0.15) is 0 Å².